The molecule has 0 aliphatic carbocycles. The molecule has 1 aliphatic heterocycles. The minimum Gasteiger partial charge on any atom is -0.443 e. The third-order valence-electron chi connectivity index (χ3n) is 2.62. The van der Waals surface area contributed by atoms with E-state index in [-0.39, 0.29) is 18.0 Å². The van der Waals surface area contributed by atoms with E-state index >= 15 is 0 Å². The topological polar surface area (TPSA) is 38.3 Å². The Morgan fingerprint density at radius 2 is 2.11 bits per heavy atom. The van der Waals surface area contributed by atoms with Gasteiger partial charge in [0, 0.05) is 0 Å². The molecule has 0 saturated carbocycles. The average molecular weight is 282 g/mol. The van der Waals surface area contributed by atoms with E-state index in [1.54, 1.807) is 0 Å². The van der Waals surface area contributed by atoms with Crippen LogP contribution in [-0.4, -0.2) is 18.6 Å². The number of hydrogen-bond acceptors (Lipinski definition) is 2. The quantitative estimate of drug-likeness (QED) is 0.859. The second-order valence-electron chi connectivity index (χ2n) is 3.92. The summed E-state index contributed by atoms with van der Waals surface area (Å²) in [5, 5.41) is 2.05. The maximum atomic E-state index is 13.6. The number of benzene rings is 1. The van der Waals surface area contributed by atoms with Gasteiger partial charge in [0.25, 0.3) is 0 Å². The lowest BCUT2D eigenvalue weighted by Gasteiger charge is -2.32. The molecule has 0 unspecified atom stereocenters. The molecule has 0 radical (unpaired) electrons. The summed E-state index contributed by atoms with van der Waals surface area (Å²) in [5.74, 6) is -3.72. The zero-order valence-electron chi connectivity index (χ0n) is 9.38. The Hall–Kier alpha value is -1.43. The van der Waals surface area contributed by atoms with Crippen molar-refractivity contribution in [1.29, 1.82) is 0 Å². The molecule has 18 heavy (non-hydrogen) atoms. The van der Waals surface area contributed by atoms with Crippen LogP contribution in [0.25, 0.3) is 0 Å². The van der Waals surface area contributed by atoms with Crippen molar-refractivity contribution in [3.05, 3.63) is 35.1 Å². The van der Waals surface area contributed by atoms with E-state index in [0.29, 0.717) is 5.56 Å². The summed E-state index contributed by atoms with van der Waals surface area (Å²) in [6.07, 6.45) is -0.898. The summed E-state index contributed by atoms with van der Waals surface area (Å²) < 4.78 is 44.3. The van der Waals surface area contributed by atoms with Crippen LogP contribution in [0.4, 0.5) is 18.0 Å². The molecule has 1 aliphatic rings. The number of hydrogen-bond donors (Lipinski definition) is 1. The molecule has 1 amide bonds. The molecule has 100 valence electrons. The third kappa shape index (κ3) is 2.69. The van der Waals surface area contributed by atoms with Gasteiger partial charge < -0.3 is 10.1 Å². The largest absolute Gasteiger partial charge is 0.443 e. The standard InChI is InChI=1S/C11H10F3NO2.ClH/c1-6-4-7(12)2-3-8(6)9-11(13,14)5-17-10(16)15-9;/h2-4,9H,5H2,1H3,(H,15,16);1H/t9-;/m0./s1. The summed E-state index contributed by atoms with van der Waals surface area (Å²) in [7, 11) is 0. The zero-order valence-corrected chi connectivity index (χ0v) is 10.2. The van der Waals surface area contributed by atoms with E-state index in [4.69, 9.17) is 0 Å². The van der Waals surface area contributed by atoms with E-state index in [1.165, 1.54) is 13.0 Å². The number of nitrogens with one attached hydrogen (secondary N) is 1. The van der Waals surface area contributed by atoms with E-state index < -0.39 is 30.5 Å². The molecule has 0 aromatic heterocycles. The highest BCUT2D eigenvalue weighted by Gasteiger charge is 2.47. The SMILES string of the molecule is Cc1cc(F)ccc1[C@@H]1NC(=O)OCC1(F)F.Cl. The van der Waals surface area contributed by atoms with Crippen molar-refractivity contribution in [1.82, 2.24) is 5.32 Å². The predicted molar refractivity (Wildman–Crippen MR) is 60.6 cm³/mol. The zero-order chi connectivity index (χ0) is 12.6. The van der Waals surface area contributed by atoms with Crippen LogP contribution in [0.1, 0.15) is 17.2 Å². The third-order valence-corrected chi connectivity index (χ3v) is 2.62. The molecule has 0 spiro atoms. The number of rotatable bonds is 1. The van der Waals surface area contributed by atoms with Crippen molar-refractivity contribution >= 4 is 18.5 Å². The van der Waals surface area contributed by atoms with Crippen LogP contribution in [0.15, 0.2) is 18.2 Å². The van der Waals surface area contributed by atoms with Gasteiger partial charge in [0.1, 0.15) is 11.9 Å². The van der Waals surface area contributed by atoms with Crippen LogP contribution >= 0.6 is 12.4 Å². The smallest absolute Gasteiger partial charge is 0.408 e. The summed E-state index contributed by atoms with van der Waals surface area (Å²) in [6.45, 7) is 0.538. The number of alkyl halides is 2. The molecule has 1 fully saturated rings. The first-order chi connectivity index (χ1) is 7.90. The fraction of sp³-hybridized carbons (Fsp3) is 0.364. The molecule has 2 rings (SSSR count). The Morgan fingerprint density at radius 3 is 2.72 bits per heavy atom. The summed E-state index contributed by atoms with van der Waals surface area (Å²) in [6, 6.07) is 1.99. The van der Waals surface area contributed by atoms with E-state index in [0.717, 1.165) is 12.1 Å². The van der Waals surface area contributed by atoms with Gasteiger partial charge in [-0.15, -0.1) is 12.4 Å². The number of amides is 1. The van der Waals surface area contributed by atoms with Gasteiger partial charge in [0.2, 0.25) is 0 Å². The van der Waals surface area contributed by atoms with Crippen LogP contribution in [0.3, 0.4) is 0 Å². The number of cyclic esters (lactones) is 1. The van der Waals surface area contributed by atoms with Crippen molar-refractivity contribution in [3.8, 4) is 0 Å². The lowest BCUT2D eigenvalue weighted by molar-refractivity contribution is -0.104. The van der Waals surface area contributed by atoms with Gasteiger partial charge in [-0.05, 0) is 30.2 Å². The predicted octanol–water partition coefficient (Wildman–Crippen LogP) is 2.97. The Morgan fingerprint density at radius 1 is 1.44 bits per heavy atom. The second kappa shape index (κ2) is 5.06. The van der Waals surface area contributed by atoms with Gasteiger partial charge in [0.05, 0.1) is 0 Å². The Balaban J connectivity index is 0.00000162. The van der Waals surface area contributed by atoms with Gasteiger partial charge in [-0.2, -0.15) is 0 Å². The first-order valence-electron chi connectivity index (χ1n) is 4.97. The number of carbonyl (C=O) groups is 1. The highest BCUT2D eigenvalue weighted by atomic mass is 35.5. The van der Waals surface area contributed by atoms with Gasteiger partial charge in [-0.3, -0.25) is 0 Å². The van der Waals surface area contributed by atoms with Crippen LogP contribution < -0.4 is 5.32 Å². The number of halogens is 4. The molecule has 1 heterocycles. The number of ether oxygens (including phenoxy) is 1. The average Bonchev–Trinajstić information content (AvgIpc) is 2.23. The van der Waals surface area contributed by atoms with Gasteiger partial charge in [-0.1, -0.05) is 6.07 Å². The summed E-state index contributed by atoms with van der Waals surface area (Å²) >= 11 is 0. The summed E-state index contributed by atoms with van der Waals surface area (Å²) in [5.41, 5.74) is 0.546. The molecule has 1 saturated heterocycles. The first kappa shape index (κ1) is 14.6. The fourth-order valence-electron chi connectivity index (χ4n) is 1.78. The van der Waals surface area contributed by atoms with Crippen molar-refractivity contribution < 1.29 is 22.7 Å². The minimum absolute atomic E-state index is 0. The number of carbonyl (C=O) groups excluding carboxylic acids is 1. The van der Waals surface area contributed by atoms with Crippen LogP contribution in [-0.2, 0) is 4.74 Å². The lowest BCUT2D eigenvalue weighted by Crippen LogP contribution is -2.49. The summed E-state index contributed by atoms with van der Waals surface area (Å²) in [4.78, 5) is 11.0. The van der Waals surface area contributed by atoms with Gasteiger partial charge >= 0.3 is 12.0 Å². The molecule has 1 atom stereocenters. The fourth-order valence-corrected chi connectivity index (χ4v) is 1.78. The van der Waals surface area contributed by atoms with Crippen molar-refractivity contribution in [2.24, 2.45) is 0 Å². The molecule has 0 bridgehead atoms. The highest BCUT2D eigenvalue weighted by molar-refractivity contribution is 5.85. The number of aryl methyl sites for hydroxylation is 1. The van der Waals surface area contributed by atoms with Gasteiger partial charge in [-0.25, -0.2) is 18.0 Å². The van der Waals surface area contributed by atoms with Crippen LogP contribution in [0.5, 0.6) is 0 Å². The molecule has 1 aromatic rings. The van der Waals surface area contributed by atoms with Crippen LogP contribution in [0, 0.1) is 12.7 Å². The van der Waals surface area contributed by atoms with Crippen molar-refractivity contribution in [2.75, 3.05) is 6.61 Å². The van der Waals surface area contributed by atoms with Gasteiger partial charge in [0.15, 0.2) is 6.61 Å². The second-order valence-corrected chi connectivity index (χ2v) is 3.92. The molecule has 3 nitrogen and oxygen atoms in total. The maximum absolute atomic E-state index is 13.6. The Kier molecular flexibility index (Phi) is 4.11. The normalized spacial score (nSPS) is 21.6. The lowest BCUT2D eigenvalue weighted by atomic mass is 9.96. The van der Waals surface area contributed by atoms with Crippen LogP contribution in [0.2, 0.25) is 0 Å². The molecule has 7 heteroatoms. The Labute approximate surface area is 108 Å². The molecule has 1 aromatic carbocycles. The monoisotopic (exact) mass is 281 g/mol. The number of alkyl carbamates (subject to hydrolysis) is 1. The Bertz CT molecular complexity index is 468. The van der Waals surface area contributed by atoms with E-state index in [9.17, 15) is 18.0 Å². The maximum Gasteiger partial charge on any atom is 0.408 e. The minimum atomic E-state index is -3.21. The molecular formula is C11H11ClF3NO2. The van der Waals surface area contributed by atoms with E-state index in [1.807, 2.05) is 5.32 Å². The van der Waals surface area contributed by atoms with Crippen molar-refractivity contribution in [2.45, 2.75) is 18.9 Å². The molecular weight excluding hydrogens is 271 g/mol. The van der Waals surface area contributed by atoms with E-state index in [2.05, 4.69) is 4.74 Å². The van der Waals surface area contributed by atoms with Crippen molar-refractivity contribution in [3.63, 3.8) is 0 Å². The highest BCUT2D eigenvalue weighted by Crippen LogP contribution is 2.35. The molecule has 1 N–H and O–H groups in total. The first-order valence-corrected chi connectivity index (χ1v) is 4.97.